The molecule has 10 nitrogen and oxygen atoms in total. The molecule has 0 radical (unpaired) electrons. The molecule has 166 valence electrons. The van der Waals surface area contributed by atoms with Crippen molar-refractivity contribution in [3.8, 4) is 22.6 Å². The number of pyridine rings is 1. The van der Waals surface area contributed by atoms with Crippen molar-refractivity contribution in [3.05, 3.63) is 42.3 Å². The minimum Gasteiger partial charge on any atom is -0.442 e. The number of rotatable bonds is 6. The normalized spacial score (nSPS) is 15.6. The largest absolute Gasteiger partial charge is 0.442 e. The number of benzene rings is 1. The number of nitrogens with one attached hydrogen (secondary N) is 1. The van der Waals surface area contributed by atoms with Gasteiger partial charge in [-0.05, 0) is 24.3 Å². The molecule has 11 heteroatoms. The van der Waals surface area contributed by atoms with Gasteiger partial charge in [-0.15, -0.1) is 0 Å². The number of cyclic esters (lactones) is 1. The Morgan fingerprint density at radius 3 is 2.75 bits per heavy atom. The average Bonchev–Trinajstić information content (AvgIpc) is 3.39. The third-order valence-corrected chi connectivity index (χ3v) is 4.82. The smallest absolute Gasteiger partial charge is 0.414 e. The molecule has 3 heterocycles. The lowest BCUT2D eigenvalue weighted by molar-refractivity contribution is -0.119. The highest BCUT2D eigenvalue weighted by Crippen LogP contribution is 2.29. The van der Waals surface area contributed by atoms with Gasteiger partial charge in [0.25, 0.3) is 0 Å². The minimum absolute atomic E-state index is 0.201. The third-order valence-electron chi connectivity index (χ3n) is 4.82. The lowest BCUT2D eigenvalue weighted by Crippen LogP contribution is -2.33. The second kappa shape index (κ2) is 8.61. The molecule has 0 spiro atoms. The van der Waals surface area contributed by atoms with Crippen molar-refractivity contribution < 1.29 is 23.2 Å². The van der Waals surface area contributed by atoms with Crippen LogP contribution >= 0.6 is 0 Å². The van der Waals surface area contributed by atoms with E-state index in [9.17, 15) is 14.0 Å². The van der Waals surface area contributed by atoms with Crippen molar-refractivity contribution in [3.63, 3.8) is 0 Å². The highest BCUT2D eigenvalue weighted by molar-refractivity contribution is 5.90. The van der Waals surface area contributed by atoms with Crippen molar-refractivity contribution in [2.75, 3.05) is 37.0 Å². The van der Waals surface area contributed by atoms with Gasteiger partial charge in [-0.1, -0.05) is 11.2 Å². The summed E-state index contributed by atoms with van der Waals surface area (Å²) < 4.78 is 25.2. The summed E-state index contributed by atoms with van der Waals surface area (Å²) >= 11 is 0. The highest BCUT2D eigenvalue weighted by Gasteiger charge is 2.32. The summed E-state index contributed by atoms with van der Waals surface area (Å²) in [5, 5.41) is 6.49. The quantitative estimate of drug-likeness (QED) is 0.622. The molecular weight excluding hydrogens is 419 g/mol. The number of anilines is 2. The van der Waals surface area contributed by atoms with Crippen molar-refractivity contribution >= 4 is 23.7 Å². The number of amides is 2. The second-order valence-corrected chi connectivity index (χ2v) is 7.44. The number of halogens is 1. The van der Waals surface area contributed by atoms with Crippen molar-refractivity contribution in [1.82, 2.24) is 20.4 Å². The van der Waals surface area contributed by atoms with Gasteiger partial charge in [0.2, 0.25) is 11.7 Å². The summed E-state index contributed by atoms with van der Waals surface area (Å²) in [5.41, 5.74) is 1.75. The van der Waals surface area contributed by atoms with E-state index in [2.05, 4.69) is 20.4 Å². The predicted molar refractivity (Wildman–Crippen MR) is 114 cm³/mol. The summed E-state index contributed by atoms with van der Waals surface area (Å²) in [7, 11) is 3.57. The van der Waals surface area contributed by atoms with Crippen LogP contribution in [0.5, 0.6) is 0 Å². The first-order valence-electron chi connectivity index (χ1n) is 9.82. The van der Waals surface area contributed by atoms with Gasteiger partial charge in [-0.2, -0.15) is 4.98 Å². The number of hydrogen-bond acceptors (Lipinski definition) is 8. The molecule has 0 unspecified atom stereocenters. The van der Waals surface area contributed by atoms with Crippen LogP contribution in [0.4, 0.5) is 20.9 Å². The molecule has 1 saturated heterocycles. The molecule has 0 saturated carbocycles. The first kappa shape index (κ1) is 21.2. The summed E-state index contributed by atoms with van der Waals surface area (Å²) in [6.45, 7) is 1.80. The van der Waals surface area contributed by atoms with Crippen LogP contribution in [-0.4, -0.2) is 60.4 Å². The highest BCUT2D eigenvalue weighted by atomic mass is 19.1. The standard InChI is InChI=1S/C21H21FN6O4/c1-12(29)23-10-15-11-28(21(30)31-15)14-5-6-16(17(22)8-14)13-4-7-18(24-9-13)19-25-20(27(2)3)32-26-19/h4-9,15H,10-11H2,1-3H3,(H,23,29)/t15-/m0/s1. The minimum atomic E-state index is -0.587. The SMILES string of the molecule is CC(=O)NC[C@H]1CN(c2ccc(-c3ccc(-c4noc(N(C)C)n4)nc3)c(F)c2)C(=O)O1. The van der Waals surface area contributed by atoms with E-state index in [1.165, 1.54) is 24.1 Å². The van der Waals surface area contributed by atoms with E-state index in [1.54, 1.807) is 43.3 Å². The Kier molecular flexibility index (Phi) is 5.71. The Morgan fingerprint density at radius 1 is 1.31 bits per heavy atom. The maximum Gasteiger partial charge on any atom is 0.414 e. The average molecular weight is 440 g/mol. The maximum atomic E-state index is 14.9. The Balaban J connectivity index is 1.49. The van der Waals surface area contributed by atoms with Crippen LogP contribution in [0.15, 0.2) is 41.1 Å². The Bertz CT molecular complexity index is 1150. The summed E-state index contributed by atoms with van der Waals surface area (Å²) in [6, 6.07) is 8.23. The molecule has 4 rings (SSSR count). The zero-order valence-electron chi connectivity index (χ0n) is 17.7. The molecule has 1 aliphatic rings. The van der Waals surface area contributed by atoms with Crippen molar-refractivity contribution in [1.29, 1.82) is 0 Å². The van der Waals surface area contributed by atoms with E-state index in [0.29, 0.717) is 34.3 Å². The van der Waals surface area contributed by atoms with E-state index in [0.717, 1.165) is 0 Å². The molecule has 0 bridgehead atoms. The van der Waals surface area contributed by atoms with Gasteiger partial charge in [-0.25, -0.2) is 9.18 Å². The van der Waals surface area contributed by atoms with E-state index in [-0.39, 0.29) is 19.0 Å². The number of hydrogen-bond donors (Lipinski definition) is 1. The Labute approximate surface area is 183 Å². The fraction of sp³-hybridized carbons (Fsp3) is 0.286. The molecule has 2 aromatic heterocycles. The monoisotopic (exact) mass is 440 g/mol. The Hall–Kier alpha value is -4.02. The zero-order chi connectivity index (χ0) is 22.8. The topological polar surface area (TPSA) is 114 Å². The van der Waals surface area contributed by atoms with Crippen LogP contribution in [0, 0.1) is 5.82 Å². The summed E-state index contributed by atoms with van der Waals surface area (Å²) in [6.07, 6.45) is 0.437. The number of aromatic nitrogens is 3. The van der Waals surface area contributed by atoms with Crippen LogP contribution in [-0.2, 0) is 9.53 Å². The van der Waals surface area contributed by atoms with Crippen LogP contribution < -0.4 is 15.1 Å². The Morgan fingerprint density at radius 2 is 2.12 bits per heavy atom. The lowest BCUT2D eigenvalue weighted by Gasteiger charge is -2.14. The number of nitrogens with zero attached hydrogens (tertiary/aromatic N) is 5. The molecule has 1 aromatic carbocycles. The summed E-state index contributed by atoms with van der Waals surface area (Å²) in [4.78, 5) is 34.7. The second-order valence-electron chi connectivity index (χ2n) is 7.44. The van der Waals surface area contributed by atoms with Gasteiger partial charge in [0, 0.05) is 38.3 Å². The van der Waals surface area contributed by atoms with Gasteiger partial charge in [0.05, 0.1) is 18.8 Å². The fourth-order valence-corrected chi connectivity index (χ4v) is 3.19. The molecule has 32 heavy (non-hydrogen) atoms. The number of carbonyl (C=O) groups excluding carboxylic acids is 2. The van der Waals surface area contributed by atoms with Gasteiger partial charge < -0.3 is 19.5 Å². The van der Waals surface area contributed by atoms with E-state index < -0.39 is 18.0 Å². The van der Waals surface area contributed by atoms with Crippen molar-refractivity contribution in [2.45, 2.75) is 13.0 Å². The molecule has 2 amide bonds. The maximum absolute atomic E-state index is 14.9. The molecule has 0 aliphatic carbocycles. The molecular formula is C21H21FN6O4. The molecule has 1 atom stereocenters. The number of ether oxygens (including phenoxy) is 1. The number of carbonyl (C=O) groups is 2. The first-order chi connectivity index (χ1) is 15.3. The van der Waals surface area contributed by atoms with Crippen molar-refractivity contribution in [2.24, 2.45) is 0 Å². The van der Waals surface area contributed by atoms with Gasteiger partial charge in [-0.3, -0.25) is 14.7 Å². The summed E-state index contributed by atoms with van der Waals surface area (Å²) in [5.74, 6) is -0.394. The van der Waals surface area contributed by atoms with E-state index in [1.807, 2.05) is 0 Å². The lowest BCUT2D eigenvalue weighted by atomic mass is 10.1. The molecule has 3 aromatic rings. The molecule has 1 fully saturated rings. The fourth-order valence-electron chi connectivity index (χ4n) is 3.19. The van der Waals surface area contributed by atoms with Crippen LogP contribution in [0.1, 0.15) is 6.92 Å². The van der Waals surface area contributed by atoms with Crippen LogP contribution in [0.2, 0.25) is 0 Å². The van der Waals surface area contributed by atoms with E-state index >= 15 is 0 Å². The zero-order valence-corrected chi connectivity index (χ0v) is 17.7. The molecule has 1 aliphatic heterocycles. The van der Waals surface area contributed by atoms with Crippen LogP contribution in [0.25, 0.3) is 22.6 Å². The van der Waals surface area contributed by atoms with E-state index in [4.69, 9.17) is 9.26 Å². The molecule has 1 N–H and O–H groups in total. The van der Waals surface area contributed by atoms with Crippen LogP contribution in [0.3, 0.4) is 0 Å². The van der Waals surface area contributed by atoms with Gasteiger partial charge in [0.15, 0.2) is 0 Å². The third kappa shape index (κ3) is 4.36. The van der Waals surface area contributed by atoms with Gasteiger partial charge in [0.1, 0.15) is 17.6 Å². The predicted octanol–water partition coefficient (Wildman–Crippen LogP) is 2.46. The van der Waals surface area contributed by atoms with Gasteiger partial charge >= 0.3 is 12.1 Å². The first-order valence-corrected chi connectivity index (χ1v) is 9.82.